The van der Waals surface area contributed by atoms with Crippen LogP contribution in [-0.2, 0) is 17.0 Å². The number of unbranched alkanes of at least 4 members (excludes halogenated alkanes) is 1. The Labute approximate surface area is 126 Å². The van der Waals surface area contributed by atoms with E-state index < -0.39 is 0 Å². The first kappa shape index (κ1) is 16.9. The maximum Gasteiger partial charge on any atom is 0.0929 e. The summed E-state index contributed by atoms with van der Waals surface area (Å²) in [7, 11) is 0. The van der Waals surface area contributed by atoms with Crippen LogP contribution in [-0.4, -0.2) is 18.2 Å². The minimum absolute atomic E-state index is 0.516. The Balaban J connectivity index is 2.06. The Morgan fingerprint density at radius 3 is 2.84 bits per heavy atom. The van der Waals surface area contributed by atoms with Crippen molar-refractivity contribution in [3.63, 3.8) is 0 Å². The van der Waals surface area contributed by atoms with E-state index in [1.54, 1.807) is 11.3 Å². The summed E-state index contributed by atoms with van der Waals surface area (Å²) in [4.78, 5) is 4.45. The first-order chi connectivity index (χ1) is 9.30. The Bertz CT molecular complexity index is 330. The zero-order chi connectivity index (χ0) is 13.9. The number of hydrogen-bond donors (Lipinski definition) is 0. The number of hydrogen-bond acceptors (Lipinski definition) is 3. The third kappa shape index (κ3) is 7.28. The van der Waals surface area contributed by atoms with E-state index in [1.807, 2.05) is 5.38 Å². The molecule has 1 aromatic rings. The van der Waals surface area contributed by atoms with Gasteiger partial charge in [0.25, 0.3) is 0 Å². The number of alkyl halides is 1. The third-order valence-corrected chi connectivity index (χ3v) is 4.54. The fourth-order valence-electron chi connectivity index (χ4n) is 2.00. The lowest BCUT2D eigenvalue weighted by Gasteiger charge is -2.14. The largest absolute Gasteiger partial charge is 0.381 e. The molecule has 1 unspecified atom stereocenters. The molecule has 0 aromatic carbocycles. The molecule has 0 aliphatic heterocycles. The zero-order valence-electron chi connectivity index (χ0n) is 12.2. The molecular formula is C15H26ClNOS. The van der Waals surface area contributed by atoms with Crippen LogP contribution < -0.4 is 0 Å². The Kier molecular flexibility index (Phi) is 9.48. The van der Waals surface area contributed by atoms with Gasteiger partial charge in [-0.05, 0) is 18.8 Å². The molecule has 2 nitrogen and oxygen atoms in total. The van der Waals surface area contributed by atoms with E-state index in [1.165, 1.54) is 30.7 Å². The highest BCUT2D eigenvalue weighted by Crippen LogP contribution is 2.15. The van der Waals surface area contributed by atoms with Crippen molar-refractivity contribution >= 4 is 22.9 Å². The molecule has 1 aromatic heterocycles. The maximum atomic E-state index is 5.79. The van der Waals surface area contributed by atoms with Crippen LogP contribution in [0.1, 0.15) is 56.7 Å². The molecule has 110 valence electrons. The van der Waals surface area contributed by atoms with E-state index in [-0.39, 0.29) is 0 Å². The van der Waals surface area contributed by atoms with Gasteiger partial charge in [0.2, 0.25) is 0 Å². The molecule has 0 spiro atoms. The Hall–Kier alpha value is -0.120. The highest BCUT2D eigenvalue weighted by Gasteiger charge is 2.06. The summed E-state index contributed by atoms with van der Waals surface area (Å²) in [6.07, 6.45) is 7.20. The molecule has 0 aliphatic carbocycles. The fraction of sp³-hybridized carbons (Fsp3) is 0.800. The SMILES string of the molecule is CCCCC(CC)COCCCc1nc(CCl)cs1. The number of aromatic nitrogens is 1. The van der Waals surface area contributed by atoms with Gasteiger partial charge in [-0.1, -0.05) is 33.1 Å². The van der Waals surface area contributed by atoms with Crippen LogP contribution in [0.3, 0.4) is 0 Å². The van der Waals surface area contributed by atoms with E-state index in [0.717, 1.165) is 37.7 Å². The van der Waals surface area contributed by atoms with Gasteiger partial charge in [-0.3, -0.25) is 0 Å². The molecule has 1 atom stereocenters. The molecule has 0 saturated carbocycles. The maximum absolute atomic E-state index is 5.79. The zero-order valence-corrected chi connectivity index (χ0v) is 13.7. The number of ether oxygens (including phenoxy) is 1. The minimum atomic E-state index is 0.516. The molecule has 0 N–H and O–H groups in total. The highest BCUT2D eigenvalue weighted by molar-refractivity contribution is 7.09. The van der Waals surface area contributed by atoms with E-state index >= 15 is 0 Å². The molecule has 0 fully saturated rings. The van der Waals surface area contributed by atoms with E-state index in [4.69, 9.17) is 16.3 Å². The van der Waals surface area contributed by atoms with Gasteiger partial charge in [0.05, 0.1) is 16.6 Å². The Morgan fingerprint density at radius 2 is 2.21 bits per heavy atom. The second kappa shape index (κ2) is 10.6. The second-order valence-electron chi connectivity index (χ2n) is 4.96. The minimum Gasteiger partial charge on any atom is -0.381 e. The van der Waals surface area contributed by atoms with Crippen LogP contribution in [0.5, 0.6) is 0 Å². The molecule has 0 amide bonds. The molecule has 19 heavy (non-hydrogen) atoms. The van der Waals surface area contributed by atoms with Gasteiger partial charge in [0.15, 0.2) is 0 Å². The van der Waals surface area contributed by atoms with Crippen molar-refractivity contribution in [2.45, 2.75) is 58.3 Å². The molecular weight excluding hydrogens is 278 g/mol. The Morgan fingerprint density at radius 1 is 1.37 bits per heavy atom. The molecule has 0 radical (unpaired) electrons. The molecule has 0 aliphatic rings. The van der Waals surface area contributed by atoms with Crippen molar-refractivity contribution in [3.05, 3.63) is 16.1 Å². The normalized spacial score (nSPS) is 12.8. The topological polar surface area (TPSA) is 22.1 Å². The van der Waals surface area contributed by atoms with E-state index in [9.17, 15) is 0 Å². The van der Waals surface area contributed by atoms with Crippen LogP contribution >= 0.6 is 22.9 Å². The summed E-state index contributed by atoms with van der Waals surface area (Å²) in [5, 5.41) is 3.22. The smallest absolute Gasteiger partial charge is 0.0929 e. The second-order valence-corrected chi connectivity index (χ2v) is 6.17. The van der Waals surface area contributed by atoms with Crippen molar-refractivity contribution in [3.8, 4) is 0 Å². The van der Waals surface area contributed by atoms with Gasteiger partial charge in [-0.15, -0.1) is 22.9 Å². The predicted octanol–water partition coefficient (Wildman–Crippen LogP) is 5.05. The van der Waals surface area contributed by atoms with Gasteiger partial charge in [0.1, 0.15) is 0 Å². The summed E-state index contributed by atoms with van der Waals surface area (Å²) >= 11 is 7.44. The number of thiazole rings is 1. The number of nitrogens with zero attached hydrogens (tertiary/aromatic N) is 1. The van der Waals surface area contributed by atoms with E-state index in [0.29, 0.717) is 5.88 Å². The third-order valence-electron chi connectivity index (χ3n) is 3.31. The van der Waals surface area contributed by atoms with Crippen LogP contribution in [0.15, 0.2) is 5.38 Å². The number of aryl methyl sites for hydroxylation is 1. The van der Waals surface area contributed by atoms with Crippen molar-refractivity contribution in [1.29, 1.82) is 0 Å². The average molecular weight is 304 g/mol. The molecule has 0 bridgehead atoms. The monoisotopic (exact) mass is 303 g/mol. The number of rotatable bonds is 11. The van der Waals surface area contributed by atoms with Gasteiger partial charge >= 0.3 is 0 Å². The molecule has 4 heteroatoms. The summed E-state index contributed by atoms with van der Waals surface area (Å²) in [6.45, 7) is 6.27. The van der Waals surface area contributed by atoms with Gasteiger partial charge in [0, 0.05) is 25.0 Å². The quantitative estimate of drug-likeness (QED) is 0.422. The molecule has 0 saturated heterocycles. The summed E-state index contributed by atoms with van der Waals surface area (Å²) in [6, 6.07) is 0. The van der Waals surface area contributed by atoms with Crippen molar-refractivity contribution in [2.24, 2.45) is 5.92 Å². The summed E-state index contributed by atoms with van der Waals surface area (Å²) < 4.78 is 5.79. The van der Waals surface area contributed by atoms with Crippen LogP contribution in [0.25, 0.3) is 0 Å². The number of halogens is 1. The average Bonchev–Trinajstić information content (AvgIpc) is 2.90. The summed E-state index contributed by atoms with van der Waals surface area (Å²) in [5.41, 5.74) is 0.994. The highest BCUT2D eigenvalue weighted by atomic mass is 35.5. The van der Waals surface area contributed by atoms with Crippen LogP contribution in [0, 0.1) is 5.92 Å². The lowest BCUT2D eigenvalue weighted by Crippen LogP contribution is -2.10. The van der Waals surface area contributed by atoms with Gasteiger partial charge in [-0.2, -0.15) is 0 Å². The van der Waals surface area contributed by atoms with Crippen molar-refractivity contribution < 1.29 is 4.74 Å². The van der Waals surface area contributed by atoms with Crippen molar-refractivity contribution in [1.82, 2.24) is 4.98 Å². The summed E-state index contributed by atoms with van der Waals surface area (Å²) in [5.74, 6) is 1.26. The molecule has 1 rings (SSSR count). The van der Waals surface area contributed by atoms with E-state index in [2.05, 4.69) is 18.8 Å². The van der Waals surface area contributed by atoms with Gasteiger partial charge in [-0.25, -0.2) is 4.98 Å². The van der Waals surface area contributed by atoms with Crippen molar-refractivity contribution in [2.75, 3.05) is 13.2 Å². The van der Waals surface area contributed by atoms with Gasteiger partial charge < -0.3 is 4.74 Å². The first-order valence-electron chi connectivity index (χ1n) is 7.37. The lowest BCUT2D eigenvalue weighted by atomic mass is 10.0. The molecule has 1 heterocycles. The fourth-order valence-corrected chi connectivity index (χ4v) is 3.07. The lowest BCUT2D eigenvalue weighted by molar-refractivity contribution is 0.0923. The van der Waals surface area contributed by atoms with Crippen LogP contribution in [0.4, 0.5) is 0 Å². The standard InChI is InChI=1S/C15H26ClNOS/c1-3-5-7-13(4-2)11-18-9-6-8-15-17-14(10-16)12-19-15/h12-13H,3-11H2,1-2H3. The predicted molar refractivity (Wildman–Crippen MR) is 84.1 cm³/mol. The first-order valence-corrected chi connectivity index (χ1v) is 8.78. The van der Waals surface area contributed by atoms with Crippen LogP contribution in [0.2, 0.25) is 0 Å².